The fourth-order valence-electron chi connectivity index (χ4n) is 2.48. The Balaban J connectivity index is 2.01. The van der Waals surface area contributed by atoms with Crippen LogP contribution >= 0.6 is 15.9 Å². The highest BCUT2D eigenvalue weighted by molar-refractivity contribution is 9.10. The van der Waals surface area contributed by atoms with Crippen molar-refractivity contribution in [1.29, 1.82) is 0 Å². The summed E-state index contributed by atoms with van der Waals surface area (Å²) in [5.41, 5.74) is 1.98. The quantitative estimate of drug-likeness (QED) is 0.857. The first-order valence-corrected chi connectivity index (χ1v) is 7.51. The van der Waals surface area contributed by atoms with Gasteiger partial charge in [0.2, 0.25) is 0 Å². The van der Waals surface area contributed by atoms with Crippen molar-refractivity contribution in [2.24, 2.45) is 0 Å². The number of nitrogens with one attached hydrogen (secondary N) is 1. The first-order chi connectivity index (χ1) is 10.2. The third kappa shape index (κ3) is 2.84. The summed E-state index contributed by atoms with van der Waals surface area (Å²) in [7, 11) is 0. The molecule has 0 radical (unpaired) electrons. The fourth-order valence-corrected chi connectivity index (χ4v) is 2.81. The largest absolute Gasteiger partial charge is 0.311 e. The molecule has 0 bridgehead atoms. The van der Waals surface area contributed by atoms with E-state index in [1.165, 1.54) is 12.1 Å². The van der Waals surface area contributed by atoms with Crippen LogP contribution in [0.15, 0.2) is 46.9 Å². The minimum atomic E-state index is -0.510. The van der Waals surface area contributed by atoms with E-state index in [2.05, 4.69) is 21.2 Å². The number of hydrogen-bond donors (Lipinski definition) is 1. The number of nitrogens with zero attached hydrogens (tertiary/aromatic N) is 1. The molecular formula is C16H14BrFN2O. The molecule has 3 rings (SSSR count). The van der Waals surface area contributed by atoms with Gasteiger partial charge in [0.05, 0.1) is 5.56 Å². The standard InChI is InChI=1S/C16H14BrFN2O/c17-12-5-6-13(14(18)9-12)16(21)20-8-7-19-10-11-3-1-2-4-15(11)20/h1-6,9,19H,7-8,10H2. The molecule has 0 saturated carbocycles. The number of halogens is 2. The minimum Gasteiger partial charge on any atom is -0.311 e. The van der Waals surface area contributed by atoms with E-state index in [4.69, 9.17) is 0 Å². The van der Waals surface area contributed by atoms with Crippen LogP contribution in [0, 0.1) is 5.82 Å². The van der Waals surface area contributed by atoms with Crippen LogP contribution < -0.4 is 10.2 Å². The lowest BCUT2D eigenvalue weighted by atomic mass is 10.1. The number of para-hydroxylation sites is 1. The highest BCUT2D eigenvalue weighted by Gasteiger charge is 2.24. The molecular weight excluding hydrogens is 335 g/mol. The highest BCUT2D eigenvalue weighted by atomic mass is 79.9. The Hall–Kier alpha value is -1.72. The van der Waals surface area contributed by atoms with Gasteiger partial charge in [-0.1, -0.05) is 34.1 Å². The Bertz CT molecular complexity index is 690. The van der Waals surface area contributed by atoms with E-state index in [9.17, 15) is 9.18 Å². The summed E-state index contributed by atoms with van der Waals surface area (Å²) in [4.78, 5) is 14.3. The SMILES string of the molecule is O=C(c1ccc(Br)cc1F)N1CCNCc2ccccc21. The second-order valence-electron chi connectivity index (χ2n) is 4.89. The van der Waals surface area contributed by atoms with Crippen LogP contribution in [0.4, 0.5) is 10.1 Å². The van der Waals surface area contributed by atoms with Gasteiger partial charge in [-0.05, 0) is 29.8 Å². The zero-order chi connectivity index (χ0) is 14.8. The molecule has 0 unspecified atom stereocenters. The van der Waals surface area contributed by atoms with E-state index in [0.29, 0.717) is 24.1 Å². The summed E-state index contributed by atoms with van der Waals surface area (Å²) < 4.78 is 14.7. The zero-order valence-corrected chi connectivity index (χ0v) is 12.9. The molecule has 0 spiro atoms. The maximum Gasteiger partial charge on any atom is 0.261 e. The molecule has 3 nitrogen and oxygen atoms in total. The van der Waals surface area contributed by atoms with Crippen molar-refractivity contribution in [3.05, 3.63) is 63.9 Å². The summed E-state index contributed by atoms with van der Waals surface area (Å²) in [5.74, 6) is -0.819. The molecule has 108 valence electrons. The Morgan fingerprint density at radius 1 is 1.24 bits per heavy atom. The third-order valence-corrected chi connectivity index (χ3v) is 4.01. The Morgan fingerprint density at radius 3 is 2.86 bits per heavy atom. The Kier molecular flexibility index (Phi) is 4.03. The van der Waals surface area contributed by atoms with Gasteiger partial charge in [0, 0.05) is 29.8 Å². The molecule has 5 heteroatoms. The average molecular weight is 349 g/mol. The van der Waals surface area contributed by atoms with Crippen LogP contribution in [-0.2, 0) is 6.54 Å². The first kappa shape index (κ1) is 14.2. The van der Waals surface area contributed by atoms with E-state index in [-0.39, 0.29) is 11.5 Å². The van der Waals surface area contributed by atoms with Crippen molar-refractivity contribution in [2.75, 3.05) is 18.0 Å². The summed E-state index contributed by atoms with van der Waals surface area (Å²) in [6.07, 6.45) is 0. The topological polar surface area (TPSA) is 32.3 Å². The Labute approximate surface area is 130 Å². The molecule has 21 heavy (non-hydrogen) atoms. The lowest BCUT2D eigenvalue weighted by molar-refractivity contribution is 0.0983. The van der Waals surface area contributed by atoms with Gasteiger partial charge in [-0.2, -0.15) is 0 Å². The van der Waals surface area contributed by atoms with Crippen molar-refractivity contribution < 1.29 is 9.18 Å². The van der Waals surface area contributed by atoms with Gasteiger partial charge in [-0.3, -0.25) is 4.79 Å². The van der Waals surface area contributed by atoms with Gasteiger partial charge in [0.1, 0.15) is 5.82 Å². The summed E-state index contributed by atoms with van der Waals surface area (Å²) in [5, 5.41) is 3.27. The van der Waals surface area contributed by atoms with Gasteiger partial charge in [-0.15, -0.1) is 0 Å². The van der Waals surface area contributed by atoms with Crippen LogP contribution in [-0.4, -0.2) is 19.0 Å². The van der Waals surface area contributed by atoms with Crippen molar-refractivity contribution in [3.8, 4) is 0 Å². The number of carbonyl (C=O) groups excluding carboxylic acids is 1. The minimum absolute atomic E-state index is 0.0925. The van der Waals surface area contributed by atoms with Gasteiger partial charge in [0.15, 0.2) is 0 Å². The molecule has 2 aromatic carbocycles. The average Bonchev–Trinajstić information content (AvgIpc) is 2.69. The number of benzene rings is 2. The van der Waals surface area contributed by atoms with E-state index < -0.39 is 5.82 Å². The fraction of sp³-hybridized carbons (Fsp3) is 0.188. The van der Waals surface area contributed by atoms with Gasteiger partial charge in [-0.25, -0.2) is 4.39 Å². The van der Waals surface area contributed by atoms with Gasteiger partial charge < -0.3 is 10.2 Å². The Morgan fingerprint density at radius 2 is 2.05 bits per heavy atom. The van der Waals surface area contributed by atoms with Crippen molar-refractivity contribution in [1.82, 2.24) is 5.32 Å². The number of carbonyl (C=O) groups is 1. The second-order valence-corrected chi connectivity index (χ2v) is 5.80. The third-order valence-electron chi connectivity index (χ3n) is 3.52. The number of hydrogen-bond acceptors (Lipinski definition) is 2. The maximum absolute atomic E-state index is 14.0. The molecule has 0 aromatic heterocycles. The predicted molar refractivity (Wildman–Crippen MR) is 83.9 cm³/mol. The number of anilines is 1. The maximum atomic E-state index is 14.0. The summed E-state index contributed by atoms with van der Waals surface area (Å²) >= 11 is 3.20. The monoisotopic (exact) mass is 348 g/mol. The summed E-state index contributed by atoms with van der Waals surface area (Å²) in [6.45, 7) is 1.91. The van der Waals surface area contributed by atoms with E-state index in [1.54, 1.807) is 11.0 Å². The van der Waals surface area contributed by atoms with Crippen LogP contribution in [0.1, 0.15) is 15.9 Å². The van der Waals surface area contributed by atoms with Gasteiger partial charge in [0.25, 0.3) is 5.91 Å². The molecule has 0 fully saturated rings. The highest BCUT2D eigenvalue weighted by Crippen LogP contribution is 2.25. The normalized spacial score (nSPS) is 14.5. The first-order valence-electron chi connectivity index (χ1n) is 6.72. The van der Waals surface area contributed by atoms with Gasteiger partial charge >= 0.3 is 0 Å². The molecule has 1 amide bonds. The molecule has 0 saturated heterocycles. The molecule has 1 heterocycles. The molecule has 2 aromatic rings. The van der Waals surface area contributed by atoms with Crippen molar-refractivity contribution in [2.45, 2.75) is 6.54 Å². The smallest absolute Gasteiger partial charge is 0.261 e. The number of amides is 1. The van der Waals surface area contributed by atoms with Crippen molar-refractivity contribution in [3.63, 3.8) is 0 Å². The molecule has 1 N–H and O–H groups in total. The van der Waals surface area contributed by atoms with E-state index in [0.717, 1.165) is 11.3 Å². The van der Waals surface area contributed by atoms with Crippen LogP contribution in [0.3, 0.4) is 0 Å². The zero-order valence-electron chi connectivity index (χ0n) is 11.3. The second kappa shape index (κ2) is 5.95. The van der Waals surface area contributed by atoms with Crippen LogP contribution in [0.2, 0.25) is 0 Å². The number of fused-ring (bicyclic) bond motifs is 1. The van der Waals surface area contributed by atoms with E-state index >= 15 is 0 Å². The molecule has 0 aliphatic carbocycles. The predicted octanol–water partition coefficient (Wildman–Crippen LogP) is 3.34. The van der Waals surface area contributed by atoms with Crippen molar-refractivity contribution >= 4 is 27.5 Å². The lowest BCUT2D eigenvalue weighted by Crippen LogP contribution is -2.35. The molecule has 1 aliphatic rings. The van der Waals surface area contributed by atoms with E-state index in [1.807, 2.05) is 24.3 Å². The summed E-state index contributed by atoms with van der Waals surface area (Å²) in [6, 6.07) is 12.2. The molecule has 0 atom stereocenters. The number of rotatable bonds is 1. The lowest BCUT2D eigenvalue weighted by Gasteiger charge is -2.22. The van der Waals surface area contributed by atoms with Crippen LogP contribution in [0.5, 0.6) is 0 Å². The molecule has 1 aliphatic heterocycles. The van der Waals surface area contributed by atoms with Crippen LogP contribution in [0.25, 0.3) is 0 Å².